The minimum atomic E-state index is 0. The zero-order valence-electron chi connectivity index (χ0n) is 14.9. The van der Waals surface area contributed by atoms with Crippen LogP contribution in [0.5, 0.6) is 0 Å². The van der Waals surface area contributed by atoms with Gasteiger partial charge in [-0.1, -0.05) is 6.92 Å². The predicted molar refractivity (Wildman–Crippen MR) is 112 cm³/mol. The molecule has 0 atom stereocenters. The van der Waals surface area contributed by atoms with Crippen molar-refractivity contribution in [2.45, 2.75) is 44.8 Å². The summed E-state index contributed by atoms with van der Waals surface area (Å²) in [6.07, 6.45) is 6.03. The summed E-state index contributed by atoms with van der Waals surface area (Å²) in [5.74, 6) is 1.72. The summed E-state index contributed by atoms with van der Waals surface area (Å²) in [5, 5.41) is 6.93. The minimum absolute atomic E-state index is 0. The Morgan fingerprint density at radius 1 is 1.27 bits per heavy atom. The van der Waals surface area contributed by atoms with Gasteiger partial charge in [0.05, 0.1) is 0 Å². The molecule has 1 saturated heterocycles. The van der Waals surface area contributed by atoms with Gasteiger partial charge in [-0.3, -0.25) is 4.99 Å². The molecule has 0 spiro atoms. The molecule has 0 bridgehead atoms. The average Bonchev–Trinajstić information content (AvgIpc) is 2.49. The van der Waals surface area contributed by atoms with Crippen molar-refractivity contribution in [1.82, 2.24) is 15.5 Å². The largest absolute Gasteiger partial charge is 0.356 e. The van der Waals surface area contributed by atoms with Crippen LogP contribution in [0.1, 0.15) is 40.0 Å². The van der Waals surface area contributed by atoms with E-state index in [1.54, 1.807) is 0 Å². The van der Waals surface area contributed by atoms with Crippen molar-refractivity contribution in [3.63, 3.8) is 0 Å². The maximum Gasteiger partial charge on any atom is 0.191 e. The van der Waals surface area contributed by atoms with Crippen LogP contribution in [0.15, 0.2) is 4.99 Å². The number of likely N-dealkylation sites (tertiary alicyclic amines) is 1. The van der Waals surface area contributed by atoms with E-state index >= 15 is 0 Å². The Kier molecular flexibility index (Phi) is 12.0. The quantitative estimate of drug-likeness (QED) is 0.361. The number of nitrogens with zero attached hydrogens (tertiary/aromatic N) is 2. The molecule has 0 aliphatic carbocycles. The van der Waals surface area contributed by atoms with Crippen molar-refractivity contribution >= 4 is 41.7 Å². The molecule has 0 radical (unpaired) electrons. The van der Waals surface area contributed by atoms with E-state index in [2.05, 4.69) is 47.6 Å². The molecule has 2 N–H and O–H groups in total. The summed E-state index contributed by atoms with van der Waals surface area (Å²) in [5.41, 5.74) is 0. The van der Waals surface area contributed by atoms with Crippen LogP contribution in [-0.4, -0.2) is 61.6 Å². The third-order valence-corrected chi connectivity index (χ3v) is 5.51. The SMILES string of the molecule is CCCN1CCC(CNC(=NC)NCC(C)(C)SC)CC1.I. The molecule has 4 nitrogen and oxygen atoms in total. The zero-order chi connectivity index (χ0) is 15.7. The van der Waals surface area contributed by atoms with E-state index in [0.717, 1.165) is 25.0 Å². The van der Waals surface area contributed by atoms with Crippen LogP contribution in [0.25, 0.3) is 0 Å². The zero-order valence-corrected chi connectivity index (χ0v) is 18.1. The van der Waals surface area contributed by atoms with E-state index in [-0.39, 0.29) is 28.7 Å². The van der Waals surface area contributed by atoms with E-state index in [1.165, 1.54) is 38.9 Å². The van der Waals surface area contributed by atoms with Crippen LogP contribution in [0.3, 0.4) is 0 Å². The highest BCUT2D eigenvalue weighted by atomic mass is 127. The number of hydrogen-bond acceptors (Lipinski definition) is 3. The summed E-state index contributed by atoms with van der Waals surface area (Å²) in [7, 11) is 1.85. The molecule has 0 aromatic heterocycles. The first-order valence-electron chi connectivity index (χ1n) is 8.22. The Labute approximate surface area is 158 Å². The topological polar surface area (TPSA) is 39.7 Å². The molecule has 0 unspecified atom stereocenters. The second kappa shape index (κ2) is 11.8. The number of hydrogen-bond donors (Lipinski definition) is 2. The summed E-state index contributed by atoms with van der Waals surface area (Å²) < 4.78 is 0.239. The number of nitrogens with one attached hydrogen (secondary N) is 2. The Hall–Kier alpha value is 0.310. The first-order valence-corrected chi connectivity index (χ1v) is 9.45. The van der Waals surface area contributed by atoms with Gasteiger partial charge in [-0.25, -0.2) is 0 Å². The van der Waals surface area contributed by atoms with Crippen molar-refractivity contribution in [1.29, 1.82) is 0 Å². The number of thioether (sulfide) groups is 1. The maximum atomic E-state index is 4.33. The molecule has 0 saturated carbocycles. The van der Waals surface area contributed by atoms with Crippen molar-refractivity contribution in [3.05, 3.63) is 0 Å². The van der Waals surface area contributed by atoms with Crippen LogP contribution < -0.4 is 10.6 Å². The van der Waals surface area contributed by atoms with Gasteiger partial charge in [0.2, 0.25) is 0 Å². The van der Waals surface area contributed by atoms with Crippen LogP contribution in [-0.2, 0) is 0 Å². The van der Waals surface area contributed by atoms with Crippen molar-refractivity contribution in [2.24, 2.45) is 10.9 Å². The number of rotatable bonds is 7. The lowest BCUT2D eigenvalue weighted by Gasteiger charge is -2.32. The van der Waals surface area contributed by atoms with E-state index in [4.69, 9.17) is 0 Å². The maximum absolute atomic E-state index is 4.33. The lowest BCUT2D eigenvalue weighted by Crippen LogP contribution is -2.46. The van der Waals surface area contributed by atoms with Gasteiger partial charge < -0.3 is 15.5 Å². The van der Waals surface area contributed by atoms with E-state index < -0.39 is 0 Å². The van der Waals surface area contributed by atoms with E-state index in [1.807, 2.05) is 18.8 Å². The molecular weight excluding hydrogens is 407 g/mol. The van der Waals surface area contributed by atoms with Crippen LogP contribution in [0.4, 0.5) is 0 Å². The summed E-state index contributed by atoms with van der Waals surface area (Å²) in [4.78, 5) is 6.92. The molecule has 6 heteroatoms. The van der Waals surface area contributed by atoms with Gasteiger partial charge in [-0.2, -0.15) is 11.8 Å². The normalized spacial score (nSPS) is 18.0. The Morgan fingerprint density at radius 2 is 1.91 bits per heavy atom. The van der Waals surface area contributed by atoms with Gasteiger partial charge in [-0.15, -0.1) is 24.0 Å². The van der Waals surface area contributed by atoms with Gasteiger partial charge in [0.25, 0.3) is 0 Å². The predicted octanol–water partition coefficient (Wildman–Crippen LogP) is 3.03. The van der Waals surface area contributed by atoms with Gasteiger partial charge in [0, 0.05) is 24.9 Å². The standard InChI is InChI=1S/C16H34N4S.HI/c1-6-9-20-10-7-14(8-11-20)12-18-15(17-4)19-13-16(2,3)21-5;/h14H,6-13H2,1-5H3,(H2,17,18,19);1H. The third kappa shape index (κ3) is 8.82. The van der Waals surface area contributed by atoms with E-state index in [0.29, 0.717) is 0 Å². The van der Waals surface area contributed by atoms with Crippen molar-refractivity contribution in [3.8, 4) is 0 Å². The first kappa shape index (κ1) is 22.3. The lowest BCUT2D eigenvalue weighted by atomic mass is 9.97. The second-order valence-corrected chi connectivity index (χ2v) is 8.07. The fourth-order valence-electron chi connectivity index (χ4n) is 2.56. The molecular formula is C16H35IN4S. The molecule has 1 aliphatic heterocycles. The molecule has 1 heterocycles. The summed E-state index contributed by atoms with van der Waals surface area (Å²) in [6, 6.07) is 0. The Bertz CT molecular complexity index is 315. The lowest BCUT2D eigenvalue weighted by molar-refractivity contribution is 0.185. The number of halogens is 1. The summed E-state index contributed by atoms with van der Waals surface area (Å²) in [6.45, 7) is 12.5. The number of aliphatic imine (C=N–C) groups is 1. The van der Waals surface area contributed by atoms with Gasteiger partial charge in [0.15, 0.2) is 5.96 Å². The Balaban J connectivity index is 0.00000441. The summed E-state index contributed by atoms with van der Waals surface area (Å²) >= 11 is 1.88. The van der Waals surface area contributed by atoms with Gasteiger partial charge in [-0.05, 0) is 64.9 Å². The molecule has 0 aromatic carbocycles. The monoisotopic (exact) mass is 442 g/mol. The number of guanidine groups is 1. The smallest absolute Gasteiger partial charge is 0.191 e. The fourth-order valence-corrected chi connectivity index (χ4v) is 2.78. The highest BCUT2D eigenvalue weighted by Crippen LogP contribution is 2.19. The van der Waals surface area contributed by atoms with Gasteiger partial charge in [0.1, 0.15) is 0 Å². The second-order valence-electron chi connectivity index (χ2n) is 6.56. The average molecular weight is 442 g/mol. The molecule has 0 aromatic rings. The molecule has 132 valence electrons. The van der Waals surface area contributed by atoms with Crippen LogP contribution >= 0.6 is 35.7 Å². The number of piperidine rings is 1. The highest BCUT2D eigenvalue weighted by Gasteiger charge is 2.19. The Morgan fingerprint density at radius 3 is 2.41 bits per heavy atom. The highest BCUT2D eigenvalue weighted by molar-refractivity contribution is 14.0. The fraction of sp³-hybridized carbons (Fsp3) is 0.938. The molecule has 1 rings (SSSR count). The van der Waals surface area contributed by atoms with Crippen molar-refractivity contribution < 1.29 is 0 Å². The van der Waals surface area contributed by atoms with Crippen LogP contribution in [0, 0.1) is 5.92 Å². The van der Waals surface area contributed by atoms with Crippen LogP contribution in [0.2, 0.25) is 0 Å². The third-order valence-electron chi connectivity index (χ3n) is 4.26. The molecule has 1 fully saturated rings. The first-order chi connectivity index (χ1) is 10.0. The van der Waals surface area contributed by atoms with Crippen molar-refractivity contribution in [2.75, 3.05) is 46.0 Å². The molecule has 1 aliphatic rings. The molecule has 22 heavy (non-hydrogen) atoms. The molecule has 0 amide bonds. The van der Waals surface area contributed by atoms with E-state index in [9.17, 15) is 0 Å². The van der Waals surface area contributed by atoms with Gasteiger partial charge >= 0.3 is 0 Å². The minimum Gasteiger partial charge on any atom is -0.356 e.